The van der Waals surface area contributed by atoms with Crippen LogP contribution in [0.1, 0.15) is 32.3 Å². The lowest BCUT2D eigenvalue weighted by molar-refractivity contribution is -0.384. The Bertz CT molecular complexity index is 1920. The number of nitro groups is 1. The van der Waals surface area contributed by atoms with Gasteiger partial charge in [0.05, 0.1) is 4.92 Å². The van der Waals surface area contributed by atoms with E-state index in [0.717, 1.165) is 10.5 Å². The number of nitrogens with one attached hydrogen (secondary N) is 3. The van der Waals surface area contributed by atoms with Crippen LogP contribution in [0.5, 0.6) is 0 Å². The highest BCUT2D eigenvalue weighted by molar-refractivity contribution is 8.00. The molecule has 0 aliphatic rings. The summed E-state index contributed by atoms with van der Waals surface area (Å²) in [6.45, 7) is 1.70. The summed E-state index contributed by atoms with van der Waals surface area (Å²) >= 11 is 1.32. The SMILES string of the molecule is Cc1cc([N+](=O)[O-])ccc1NC(=O)C(Sc1ccc(NC(=O)/C(=C/c2cccnc2)NC(=O)c2ccccc2)cc1)c1ccccc1. The van der Waals surface area contributed by atoms with Crippen LogP contribution in [0, 0.1) is 17.0 Å². The molecule has 234 valence electrons. The maximum absolute atomic E-state index is 13.5. The van der Waals surface area contributed by atoms with Crippen molar-refractivity contribution >= 4 is 52.6 Å². The average Bonchev–Trinajstić information content (AvgIpc) is 3.09. The van der Waals surface area contributed by atoms with Crippen LogP contribution in [-0.2, 0) is 9.59 Å². The van der Waals surface area contributed by atoms with Crippen LogP contribution in [0.25, 0.3) is 6.08 Å². The van der Waals surface area contributed by atoms with Crippen molar-refractivity contribution in [3.05, 3.63) is 166 Å². The molecule has 1 unspecified atom stereocenters. The third-order valence-corrected chi connectivity index (χ3v) is 8.18. The van der Waals surface area contributed by atoms with Gasteiger partial charge in [0, 0.05) is 46.4 Å². The molecular formula is C36H29N5O5S. The number of benzene rings is 4. The summed E-state index contributed by atoms with van der Waals surface area (Å²) in [6.07, 6.45) is 4.74. The van der Waals surface area contributed by atoms with Crippen LogP contribution in [-0.4, -0.2) is 27.6 Å². The Kier molecular flexibility index (Phi) is 10.5. The Morgan fingerprint density at radius 1 is 0.851 bits per heavy atom. The van der Waals surface area contributed by atoms with Crippen molar-refractivity contribution in [2.24, 2.45) is 0 Å². The Morgan fingerprint density at radius 3 is 2.19 bits per heavy atom. The summed E-state index contributed by atoms with van der Waals surface area (Å²) in [7, 11) is 0. The number of pyridine rings is 1. The highest BCUT2D eigenvalue weighted by Gasteiger charge is 2.23. The number of thioether (sulfide) groups is 1. The zero-order valence-corrected chi connectivity index (χ0v) is 25.9. The Morgan fingerprint density at radius 2 is 1.55 bits per heavy atom. The first-order chi connectivity index (χ1) is 22.8. The Balaban J connectivity index is 1.32. The van der Waals surface area contributed by atoms with Gasteiger partial charge in [0.1, 0.15) is 10.9 Å². The van der Waals surface area contributed by atoms with Gasteiger partial charge < -0.3 is 16.0 Å². The zero-order valence-electron chi connectivity index (χ0n) is 25.1. The van der Waals surface area contributed by atoms with Crippen molar-refractivity contribution in [3.63, 3.8) is 0 Å². The first-order valence-electron chi connectivity index (χ1n) is 14.4. The van der Waals surface area contributed by atoms with Gasteiger partial charge in [0.2, 0.25) is 5.91 Å². The molecule has 0 aliphatic carbocycles. The van der Waals surface area contributed by atoms with Crippen LogP contribution >= 0.6 is 11.8 Å². The van der Waals surface area contributed by atoms with Gasteiger partial charge in [-0.2, -0.15) is 0 Å². The summed E-state index contributed by atoms with van der Waals surface area (Å²) < 4.78 is 0. The number of nitro benzene ring substituents is 1. The lowest BCUT2D eigenvalue weighted by atomic mass is 10.1. The summed E-state index contributed by atoms with van der Waals surface area (Å²) in [5.41, 5.74) is 3.31. The minimum atomic E-state index is -0.645. The number of hydrogen-bond donors (Lipinski definition) is 3. The van der Waals surface area contributed by atoms with E-state index in [2.05, 4.69) is 20.9 Å². The van der Waals surface area contributed by atoms with E-state index in [1.807, 2.05) is 30.3 Å². The summed E-state index contributed by atoms with van der Waals surface area (Å²) in [6, 6.07) is 32.6. The number of hydrogen-bond acceptors (Lipinski definition) is 7. The second kappa shape index (κ2) is 15.3. The van der Waals surface area contributed by atoms with Crippen LogP contribution in [0.2, 0.25) is 0 Å². The molecule has 10 nitrogen and oxygen atoms in total. The quantitative estimate of drug-likeness (QED) is 0.0599. The number of nitrogens with zero attached hydrogens (tertiary/aromatic N) is 2. The topological polar surface area (TPSA) is 143 Å². The minimum Gasteiger partial charge on any atom is -0.325 e. The van der Waals surface area contributed by atoms with Gasteiger partial charge in [-0.1, -0.05) is 54.6 Å². The average molecular weight is 644 g/mol. The molecule has 1 aromatic heterocycles. The van der Waals surface area contributed by atoms with Crippen LogP contribution in [0.3, 0.4) is 0 Å². The van der Waals surface area contributed by atoms with Crippen molar-refractivity contribution < 1.29 is 19.3 Å². The largest absolute Gasteiger partial charge is 0.325 e. The normalized spacial score (nSPS) is 11.6. The fourth-order valence-corrected chi connectivity index (χ4v) is 5.55. The summed E-state index contributed by atoms with van der Waals surface area (Å²) in [5, 5.41) is 18.9. The highest BCUT2D eigenvalue weighted by atomic mass is 32.2. The van der Waals surface area contributed by atoms with E-state index in [-0.39, 0.29) is 17.3 Å². The van der Waals surface area contributed by atoms with Crippen molar-refractivity contribution in [3.8, 4) is 0 Å². The Labute approximate surface area is 275 Å². The predicted octanol–water partition coefficient (Wildman–Crippen LogP) is 7.18. The number of amides is 3. The second-order valence-corrected chi connectivity index (χ2v) is 11.5. The van der Waals surface area contributed by atoms with E-state index >= 15 is 0 Å². The molecule has 5 rings (SSSR count). The van der Waals surface area contributed by atoms with Crippen LogP contribution in [0.4, 0.5) is 17.1 Å². The molecule has 4 aromatic carbocycles. The Hall–Kier alpha value is -6.07. The standard InChI is InChI=1S/C36H29N5O5S/c1-24-21-29(41(45)46)16-19-31(24)39-36(44)33(26-10-4-2-5-11-26)47-30-17-14-28(15-18-30)38-35(43)32(22-25-9-8-20-37-23-25)40-34(42)27-12-6-3-7-13-27/h2-23,33H,1H3,(H,38,43)(H,39,44)(H,40,42)/b32-22-. The van der Waals surface area contributed by atoms with E-state index < -0.39 is 22.0 Å². The van der Waals surface area contributed by atoms with E-state index in [0.29, 0.717) is 28.1 Å². The molecule has 0 fully saturated rings. The maximum atomic E-state index is 13.5. The van der Waals surface area contributed by atoms with E-state index in [1.165, 1.54) is 30.0 Å². The molecule has 0 saturated heterocycles. The molecule has 3 N–H and O–H groups in total. The number of anilines is 2. The third-order valence-electron chi connectivity index (χ3n) is 6.91. The molecule has 0 saturated carbocycles. The van der Waals surface area contributed by atoms with Crippen LogP contribution < -0.4 is 16.0 Å². The van der Waals surface area contributed by atoms with Crippen molar-refractivity contribution in [1.82, 2.24) is 10.3 Å². The highest BCUT2D eigenvalue weighted by Crippen LogP contribution is 2.37. The van der Waals surface area contributed by atoms with Crippen molar-refractivity contribution in [2.75, 3.05) is 10.6 Å². The fraction of sp³-hybridized carbons (Fsp3) is 0.0556. The lowest BCUT2D eigenvalue weighted by Gasteiger charge is -2.18. The van der Waals surface area contributed by atoms with Gasteiger partial charge in [-0.05, 0) is 78.2 Å². The fourth-order valence-electron chi connectivity index (χ4n) is 4.52. The van der Waals surface area contributed by atoms with Crippen molar-refractivity contribution in [1.29, 1.82) is 0 Å². The molecule has 0 bridgehead atoms. The smallest absolute Gasteiger partial charge is 0.272 e. The van der Waals surface area contributed by atoms with Crippen molar-refractivity contribution in [2.45, 2.75) is 17.1 Å². The van der Waals surface area contributed by atoms with Gasteiger partial charge in [-0.25, -0.2) is 0 Å². The number of carbonyl (C=O) groups excluding carboxylic acids is 3. The van der Waals surface area contributed by atoms with Crippen LogP contribution in [0.15, 0.2) is 138 Å². The summed E-state index contributed by atoms with van der Waals surface area (Å²) in [5.74, 6) is -1.26. The monoisotopic (exact) mass is 643 g/mol. The molecule has 47 heavy (non-hydrogen) atoms. The molecule has 0 radical (unpaired) electrons. The maximum Gasteiger partial charge on any atom is 0.272 e. The number of non-ortho nitro benzene ring substituents is 1. The number of aromatic nitrogens is 1. The molecule has 1 atom stereocenters. The second-order valence-electron chi connectivity index (χ2n) is 10.3. The first-order valence-corrected chi connectivity index (χ1v) is 15.3. The van der Waals surface area contributed by atoms with E-state index in [9.17, 15) is 24.5 Å². The van der Waals surface area contributed by atoms with Gasteiger partial charge in [-0.15, -0.1) is 11.8 Å². The molecule has 0 spiro atoms. The lowest BCUT2D eigenvalue weighted by Crippen LogP contribution is -2.30. The number of carbonyl (C=O) groups is 3. The number of rotatable bonds is 11. The number of aryl methyl sites for hydroxylation is 1. The first kappa shape index (κ1) is 32.3. The third kappa shape index (κ3) is 8.77. The van der Waals surface area contributed by atoms with Gasteiger partial charge in [0.15, 0.2) is 0 Å². The minimum absolute atomic E-state index is 0.0349. The molecule has 1 heterocycles. The zero-order chi connectivity index (χ0) is 33.2. The molecule has 3 amide bonds. The predicted molar refractivity (Wildman–Crippen MR) is 183 cm³/mol. The van der Waals surface area contributed by atoms with E-state index in [1.54, 1.807) is 92.1 Å². The molecule has 11 heteroatoms. The molecule has 5 aromatic rings. The molecule has 0 aliphatic heterocycles. The van der Waals surface area contributed by atoms with E-state index in [4.69, 9.17) is 0 Å². The van der Waals surface area contributed by atoms with Gasteiger partial charge in [0.25, 0.3) is 17.5 Å². The summed E-state index contributed by atoms with van der Waals surface area (Å²) in [4.78, 5) is 55.3. The molecular weight excluding hydrogens is 614 g/mol. The van der Waals surface area contributed by atoms with Gasteiger partial charge in [-0.3, -0.25) is 29.5 Å². The van der Waals surface area contributed by atoms with Gasteiger partial charge >= 0.3 is 0 Å².